The standard InChI is InChI=1S/C12H13FO2S/c1-2-9(12(14)15)6-7-16-11-5-3-4-10(13)8-11/h3-6,8H,2,7H2,1H3,(H,14,15). The highest BCUT2D eigenvalue weighted by Gasteiger charge is 2.03. The number of hydrogen-bond donors (Lipinski definition) is 1. The molecular weight excluding hydrogens is 227 g/mol. The first kappa shape index (κ1) is 12.8. The van der Waals surface area contributed by atoms with Crippen LogP contribution in [-0.4, -0.2) is 16.8 Å². The van der Waals surface area contributed by atoms with Crippen LogP contribution in [0.5, 0.6) is 0 Å². The Morgan fingerprint density at radius 3 is 2.88 bits per heavy atom. The first-order valence-corrected chi connectivity index (χ1v) is 5.92. The van der Waals surface area contributed by atoms with Crippen LogP contribution in [0, 0.1) is 5.82 Å². The molecular formula is C12H13FO2S. The lowest BCUT2D eigenvalue weighted by atomic mass is 10.2. The molecule has 0 saturated carbocycles. The van der Waals surface area contributed by atoms with E-state index in [1.807, 2.05) is 0 Å². The quantitative estimate of drug-likeness (QED) is 0.633. The second-order valence-electron chi connectivity index (χ2n) is 3.16. The van der Waals surface area contributed by atoms with E-state index in [-0.39, 0.29) is 5.82 Å². The summed E-state index contributed by atoms with van der Waals surface area (Å²) in [5.41, 5.74) is 0.393. The highest BCUT2D eigenvalue weighted by atomic mass is 32.2. The van der Waals surface area contributed by atoms with Crippen molar-refractivity contribution in [2.24, 2.45) is 0 Å². The van der Waals surface area contributed by atoms with Gasteiger partial charge >= 0.3 is 5.97 Å². The normalized spacial score (nSPS) is 11.5. The smallest absolute Gasteiger partial charge is 0.331 e. The molecule has 0 aliphatic rings. The van der Waals surface area contributed by atoms with Gasteiger partial charge < -0.3 is 5.11 Å². The lowest BCUT2D eigenvalue weighted by Gasteiger charge is -2.00. The molecule has 0 unspecified atom stereocenters. The van der Waals surface area contributed by atoms with Gasteiger partial charge in [0, 0.05) is 16.2 Å². The van der Waals surface area contributed by atoms with Gasteiger partial charge in [0.05, 0.1) is 0 Å². The second kappa shape index (κ2) is 6.33. The highest BCUT2D eigenvalue weighted by molar-refractivity contribution is 7.99. The molecule has 1 aromatic carbocycles. The van der Waals surface area contributed by atoms with Crippen molar-refractivity contribution in [2.45, 2.75) is 18.2 Å². The van der Waals surface area contributed by atoms with Gasteiger partial charge in [-0.25, -0.2) is 9.18 Å². The maximum atomic E-state index is 12.8. The van der Waals surface area contributed by atoms with Crippen molar-refractivity contribution in [3.8, 4) is 0 Å². The zero-order valence-corrected chi connectivity index (χ0v) is 9.76. The van der Waals surface area contributed by atoms with Crippen molar-refractivity contribution < 1.29 is 14.3 Å². The average molecular weight is 240 g/mol. The zero-order chi connectivity index (χ0) is 12.0. The van der Waals surface area contributed by atoms with E-state index in [1.54, 1.807) is 25.1 Å². The summed E-state index contributed by atoms with van der Waals surface area (Å²) in [5, 5.41) is 8.78. The Bertz CT molecular complexity index is 402. The summed E-state index contributed by atoms with van der Waals surface area (Å²) in [4.78, 5) is 11.5. The van der Waals surface area contributed by atoms with Crippen molar-refractivity contribution >= 4 is 17.7 Å². The monoisotopic (exact) mass is 240 g/mol. The average Bonchev–Trinajstić information content (AvgIpc) is 2.24. The van der Waals surface area contributed by atoms with E-state index in [0.717, 1.165) is 4.90 Å². The molecule has 0 amide bonds. The summed E-state index contributed by atoms with van der Waals surface area (Å²) in [6, 6.07) is 6.26. The number of carbonyl (C=O) groups is 1. The first-order chi connectivity index (χ1) is 7.63. The Morgan fingerprint density at radius 2 is 2.31 bits per heavy atom. The van der Waals surface area contributed by atoms with Crippen LogP contribution in [0.25, 0.3) is 0 Å². The van der Waals surface area contributed by atoms with Gasteiger partial charge in [-0.3, -0.25) is 0 Å². The molecule has 0 aromatic heterocycles. The molecule has 0 aliphatic carbocycles. The third-order valence-corrected chi connectivity index (χ3v) is 2.95. The summed E-state index contributed by atoms with van der Waals surface area (Å²) in [5.74, 6) is -0.621. The predicted octanol–water partition coefficient (Wildman–Crippen LogP) is 3.34. The first-order valence-electron chi connectivity index (χ1n) is 4.94. The molecule has 0 bridgehead atoms. The Balaban J connectivity index is 2.55. The van der Waals surface area contributed by atoms with Gasteiger partial charge in [-0.2, -0.15) is 0 Å². The van der Waals surface area contributed by atoms with Crippen LogP contribution < -0.4 is 0 Å². The van der Waals surface area contributed by atoms with Crippen LogP contribution in [0.15, 0.2) is 40.8 Å². The van der Waals surface area contributed by atoms with E-state index in [4.69, 9.17) is 5.11 Å². The minimum absolute atomic E-state index is 0.275. The fraction of sp³-hybridized carbons (Fsp3) is 0.250. The predicted molar refractivity (Wildman–Crippen MR) is 63.1 cm³/mol. The molecule has 0 heterocycles. The fourth-order valence-electron chi connectivity index (χ4n) is 1.18. The molecule has 86 valence electrons. The zero-order valence-electron chi connectivity index (χ0n) is 8.94. The lowest BCUT2D eigenvalue weighted by Crippen LogP contribution is -1.99. The van der Waals surface area contributed by atoms with Crippen LogP contribution in [0.3, 0.4) is 0 Å². The molecule has 1 N–H and O–H groups in total. The molecule has 1 aromatic rings. The summed E-state index contributed by atoms with van der Waals surface area (Å²) in [6.45, 7) is 1.80. The molecule has 0 radical (unpaired) electrons. The summed E-state index contributed by atoms with van der Waals surface area (Å²) in [6.07, 6.45) is 2.16. The van der Waals surface area contributed by atoms with Gasteiger partial charge in [0.25, 0.3) is 0 Å². The van der Waals surface area contributed by atoms with Gasteiger partial charge in [0.15, 0.2) is 0 Å². The molecule has 0 saturated heterocycles. The number of thioether (sulfide) groups is 1. The van der Waals surface area contributed by atoms with Crippen LogP contribution in [0.2, 0.25) is 0 Å². The SMILES string of the molecule is CCC(=CCSc1cccc(F)c1)C(=O)O. The van der Waals surface area contributed by atoms with Gasteiger partial charge in [-0.1, -0.05) is 19.1 Å². The van der Waals surface area contributed by atoms with Crippen LogP contribution in [0.4, 0.5) is 4.39 Å². The lowest BCUT2D eigenvalue weighted by molar-refractivity contribution is -0.132. The Hall–Kier alpha value is -1.29. The van der Waals surface area contributed by atoms with Gasteiger partial charge in [0.1, 0.15) is 5.82 Å². The maximum Gasteiger partial charge on any atom is 0.331 e. The highest BCUT2D eigenvalue weighted by Crippen LogP contribution is 2.19. The van der Waals surface area contributed by atoms with Crippen LogP contribution in [0.1, 0.15) is 13.3 Å². The molecule has 4 heteroatoms. The van der Waals surface area contributed by atoms with E-state index in [0.29, 0.717) is 17.7 Å². The number of carboxylic acid groups (broad SMARTS) is 1. The van der Waals surface area contributed by atoms with E-state index < -0.39 is 5.97 Å². The van der Waals surface area contributed by atoms with Gasteiger partial charge in [-0.05, 0) is 24.6 Å². The molecule has 0 atom stereocenters. The summed E-state index contributed by atoms with van der Waals surface area (Å²) >= 11 is 1.42. The third-order valence-electron chi connectivity index (χ3n) is 2.03. The number of halogens is 1. The number of aliphatic carboxylic acids is 1. The van der Waals surface area contributed by atoms with Crippen LogP contribution in [-0.2, 0) is 4.79 Å². The number of benzene rings is 1. The van der Waals surface area contributed by atoms with Gasteiger partial charge in [-0.15, -0.1) is 11.8 Å². The molecule has 2 nitrogen and oxygen atoms in total. The van der Waals surface area contributed by atoms with E-state index >= 15 is 0 Å². The van der Waals surface area contributed by atoms with Crippen molar-refractivity contribution in [2.75, 3.05) is 5.75 Å². The number of carboxylic acids is 1. The van der Waals surface area contributed by atoms with Crippen molar-refractivity contribution in [3.63, 3.8) is 0 Å². The summed E-state index contributed by atoms with van der Waals surface area (Å²) < 4.78 is 12.8. The van der Waals surface area contributed by atoms with Crippen molar-refractivity contribution in [1.29, 1.82) is 0 Å². The second-order valence-corrected chi connectivity index (χ2v) is 4.25. The number of hydrogen-bond acceptors (Lipinski definition) is 2. The molecule has 0 aliphatic heterocycles. The van der Waals surface area contributed by atoms with Crippen molar-refractivity contribution in [1.82, 2.24) is 0 Å². The van der Waals surface area contributed by atoms with Crippen molar-refractivity contribution in [3.05, 3.63) is 41.7 Å². The van der Waals surface area contributed by atoms with Crippen LogP contribution >= 0.6 is 11.8 Å². The van der Waals surface area contributed by atoms with E-state index in [9.17, 15) is 9.18 Å². The molecule has 1 rings (SSSR count). The Labute approximate surface area is 98.2 Å². The van der Waals surface area contributed by atoms with E-state index in [1.165, 1.54) is 23.9 Å². The molecule has 0 fully saturated rings. The van der Waals surface area contributed by atoms with Gasteiger partial charge in [0.2, 0.25) is 0 Å². The summed E-state index contributed by atoms with van der Waals surface area (Å²) in [7, 11) is 0. The maximum absolute atomic E-state index is 12.8. The fourth-order valence-corrected chi connectivity index (χ4v) is 2.03. The largest absolute Gasteiger partial charge is 0.478 e. The Kier molecular flexibility index (Phi) is 5.05. The minimum Gasteiger partial charge on any atom is -0.478 e. The molecule has 0 spiro atoms. The molecule has 16 heavy (non-hydrogen) atoms. The number of rotatable bonds is 5. The minimum atomic E-state index is -0.887. The Morgan fingerprint density at radius 1 is 1.56 bits per heavy atom. The third kappa shape index (κ3) is 4.06. The van der Waals surface area contributed by atoms with E-state index in [2.05, 4.69) is 0 Å². The topological polar surface area (TPSA) is 37.3 Å².